The zero-order chi connectivity index (χ0) is 14.4. The lowest BCUT2D eigenvalue weighted by Gasteiger charge is -2.09. The summed E-state index contributed by atoms with van der Waals surface area (Å²) in [5.74, 6) is 0. The van der Waals surface area contributed by atoms with Crippen molar-refractivity contribution in [3.63, 3.8) is 0 Å². The first kappa shape index (κ1) is 2.17. The highest BCUT2D eigenvalue weighted by Crippen LogP contribution is 2.26. The van der Waals surface area contributed by atoms with Crippen molar-refractivity contribution < 1.29 is 30.7 Å². The second kappa shape index (κ2) is 2.17. The molecule has 2 fully saturated rings. The van der Waals surface area contributed by atoms with Gasteiger partial charge in [0, 0.05) is 0 Å². The SMILES string of the molecule is [2H]C1([2H])O[C@@]2([2H])[C@]([2H])(OC([2H])([2H])[C@@]2([2H])O)[C@@]1([2H])O. The fraction of sp³-hybridized carbons (Fsp3) is 1.00. The zero-order valence-corrected chi connectivity index (χ0v) is 4.71. The molecule has 4 nitrogen and oxygen atoms in total. The summed E-state index contributed by atoms with van der Waals surface area (Å²) in [7, 11) is 0. The maximum atomic E-state index is 9.65. The Labute approximate surface area is 69.6 Å². The lowest BCUT2D eigenvalue weighted by molar-refractivity contribution is 0.00205. The van der Waals surface area contributed by atoms with Crippen molar-refractivity contribution in [1.82, 2.24) is 0 Å². The van der Waals surface area contributed by atoms with Gasteiger partial charge >= 0.3 is 0 Å². The molecule has 2 aliphatic rings. The number of rotatable bonds is 0. The van der Waals surface area contributed by atoms with E-state index in [1.54, 1.807) is 0 Å². The van der Waals surface area contributed by atoms with E-state index in [1.807, 2.05) is 0 Å². The van der Waals surface area contributed by atoms with Gasteiger partial charge in [-0.15, -0.1) is 0 Å². The van der Waals surface area contributed by atoms with Crippen LogP contribution in [0.25, 0.3) is 0 Å². The Morgan fingerprint density at radius 2 is 1.60 bits per heavy atom. The lowest BCUT2D eigenvalue weighted by Crippen LogP contribution is -2.30. The smallest absolute Gasteiger partial charge is 0.114 e. The van der Waals surface area contributed by atoms with E-state index in [2.05, 4.69) is 9.47 Å². The van der Waals surface area contributed by atoms with Crippen LogP contribution in [0, 0.1) is 0 Å². The number of fused-ring (bicyclic) bond motifs is 1. The number of ether oxygens (including phenoxy) is 2. The van der Waals surface area contributed by atoms with Crippen molar-refractivity contribution in [1.29, 1.82) is 0 Å². The Kier molecular flexibility index (Phi) is 0.469. The Balaban J connectivity index is 2.70. The van der Waals surface area contributed by atoms with E-state index < -0.39 is 37.4 Å². The molecule has 0 aromatic rings. The van der Waals surface area contributed by atoms with Crippen LogP contribution < -0.4 is 0 Å². The monoisotopic (exact) mass is 154 g/mol. The Morgan fingerprint density at radius 1 is 1.20 bits per heavy atom. The summed E-state index contributed by atoms with van der Waals surface area (Å²) in [5.41, 5.74) is 0. The molecule has 0 aromatic heterocycles. The zero-order valence-electron chi connectivity index (χ0n) is 12.7. The van der Waals surface area contributed by atoms with Crippen molar-refractivity contribution in [3.8, 4) is 0 Å². The van der Waals surface area contributed by atoms with Gasteiger partial charge in [-0.05, 0) is 0 Å². The largest absolute Gasteiger partial charge is 0.388 e. The molecular weight excluding hydrogens is 136 g/mol. The van der Waals surface area contributed by atoms with Crippen molar-refractivity contribution in [3.05, 3.63) is 0 Å². The highest BCUT2D eigenvalue weighted by atomic mass is 16.6. The minimum absolute atomic E-state index is 3.29. The van der Waals surface area contributed by atoms with Gasteiger partial charge in [0.1, 0.15) is 24.3 Å². The van der Waals surface area contributed by atoms with Gasteiger partial charge in [0.05, 0.1) is 24.1 Å². The fourth-order valence-corrected chi connectivity index (χ4v) is 0.696. The van der Waals surface area contributed by atoms with Gasteiger partial charge in [0.25, 0.3) is 0 Å². The van der Waals surface area contributed by atoms with E-state index >= 15 is 0 Å². The molecule has 2 rings (SSSR count). The molecule has 0 aromatic carbocycles. The normalized spacial score (nSPS) is 105. The van der Waals surface area contributed by atoms with Crippen LogP contribution in [0.1, 0.15) is 11.0 Å². The predicted octanol–water partition coefficient (Wildman–Crippen LogP) is -1.49. The van der Waals surface area contributed by atoms with Gasteiger partial charge < -0.3 is 19.7 Å². The number of hydrogen-bond acceptors (Lipinski definition) is 4. The van der Waals surface area contributed by atoms with E-state index in [9.17, 15) is 10.2 Å². The molecule has 0 spiro atoms. The molecule has 4 heteroatoms. The second-order valence-corrected chi connectivity index (χ2v) is 1.76. The van der Waals surface area contributed by atoms with Crippen molar-refractivity contribution in [2.24, 2.45) is 0 Å². The van der Waals surface area contributed by atoms with E-state index in [0.717, 1.165) is 0 Å². The van der Waals surface area contributed by atoms with Crippen molar-refractivity contribution in [2.75, 3.05) is 13.1 Å². The van der Waals surface area contributed by atoms with E-state index in [4.69, 9.17) is 11.0 Å². The third-order valence-electron chi connectivity index (χ3n) is 1.14. The first-order valence-corrected chi connectivity index (χ1v) is 2.51. The molecule has 0 saturated carbocycles. The van der Waals surface area contributed by atoms with Gasteiger partial charge in [0.15, 0.2) is 0 Å². The van der Waals surface area contributed by atoms with Crippen LogP contribution in [0.5, 0.6) is 0 Å². The van der Waals surface area contributed by atoms with Gasteiger partial charge in [0.2, 0.25) is 0 Å². The second-order valence-electron chi connectivity index (χ2n) is 1.76. The summed E-state index contributed by atoms with van der Waals surface area (Å²) in [6.45, 7) is -6.58. The van der Waals surface area contributed by atoms with Gasteiger partial charge in [-0.25, -0.2) is 0 Å². The highest BCUT2D eigenvalue weighted by molar-refractivity contribution is 4.93. The average molecular weight is 154 g/mol. The van der Waals surface area contributed by atoms with Crippen LogP contribution in [0.2, 0.25) is 0 Å². The summed E-state index contributed by atoms with van der Waals surface area (Å²) in [4.78, 5) is 0. The Morgan fingerprint density at radius 3 is 2.00 bits per heavy atom. The van der Waals surface area contributed by atoms with Crippen LogP contribution in [-0.2, 0) is 9.47 Å². The molecule has 0 radical (unpaired) electrons. The topological polar surface area (TPSA) is 58.9 Å². The molecule has 0 aliphatic carbocycles. The van der Waals surface area contributed by atoms with E-state index in [-0.39, 0.29) is 0 Å². The van der Waals surface area contributed by atoms with Crippen LogP contribution in [0.4, 0.5) is 0 Å². The molecule has 58 valence electrons. The summed E-state index contributed by atoms with van der Waals surface area (Å²) >= 11 is 0. The highest BCUT2D eigenvalue weighted by Gasteiger charge is 2.46. The summed E-state index contributed by atoms with van der Waals surface area (Å²) in [5, 5.41) is 19.3. The molecule has 2 heterocycles. The fourth-order valence-electron chi connectivity index (χ4n) is 0.696. The molecule has 0 amide bonds. The predicted molar refractivity (Wildman–Crippen MR) is 31.5 cm³/mol. The van der Waals surface area contributed by atoms with Gasteiger partial charge in [-0.2, -0.15) is 0 Å². The number of aliphatic hydroxyl groups is 2. The minimum Gasteiger partial charge on any atom is -0.388 e. The summed E-state index contributed by atoms with van der Waals surface area (Å²) in [6.07, 6.45) is -13.7. The minimum atomic E-state index is -3.50. The van der Waals surface area contributed by atoms with E-state index in [0.29, 0.717) is 0 Å². The first-order valence-electron chi connectivity index (χ1n) is 6.51. The maximum absolute atomic E-state index is 9.65. The average Bonchev–Trinajstić information content (AvgIpc) is 2.28. The number of hydrogen-bond donors (Lipinski definition) is 2. The summed E-state index contributed by atoms with van der Waals surface area (Å²) < 4.78 is 67.4. The third-order valence-corrected chi connectivity index (χ3v) is 1.14. The lowest BCUT2D eigenvalue weighted by atomic mass is 10.1. The summed E-state index contributed by atoms with van der Waals surface area (Å²) in [6, 6.07) is 0. The van der Waals surface area contributed by atoms with Crippen molar-refractivity contribution in [2.45, 2.75) is 24.3 Å². The quantitative estimate of drug-likeness (QED) is 0.446. The third kappa shape index (κ3) is 0.769. The molecule has 0 bridgehead atoms. The molecule has 0 unspecified atom stereocenters. The van der Waals surface area contributed by atoms with Crippen LogP contribution in [0.3, 0.4) is 0 Å². The molecule has 2 saturated heterocycles. The van der Waals surface area contributed by atoms with Crippen LogP contribution in [0.15, 0.2) is 0 Å². The molecule has 2 aliphatic heterocycles. The van der Waals surface area contributed by atoms with Crippen LogP contribution >= 0.6 is 0 Å². The first-order chi connectivity index (χ1) is 7.66. The Bertz CT molecular complexity index is 372. The molecule has 2 N–H and O–H groups in total. The standard InChI is InChI=1S/C6H10O4/c7-3-1-9-6-4(8)2-10-5(3)6/h3-8H,1-2H2/t3-,4+,5-,6-/m1/s1/i1D2,2D2,3D,4D,5D,6D. The van der Waals surface area contributed by atoms with Gasteiger partial charge in [-0.3, -0.25) is 0 Å². The van der Waals surface area contributed by atoms with Crippen LogP contribution in [-0.4, -0.2) is 47.7 Å². The van der Waals surface area contributed by atoms with Crippen molar-refractivity contribution >= 4 is 0 Å². The molecule has 10 heavy (non-hydrogen) atoms. The van der Waals surface area contributed by atoms with Gasteiger partial charge in [-0.1, -0.05) is 0 Å². The molecule has 4 atom stereocenters. The Hall–Kier alpha value is -0.160. The maximum Gasteiger partial charge on any atom is 0.114 e. The molecular formula is C6H10O4. The van der Waals surface area contributed by atoms with E-state index in [1.165, 1.54) is 0 Å².